The van der Waals surface area contributed by atoms with Crippen LogP contribution in [0.1, 0.15) is 15.9 Å². The van der Waals surface area contributed by atoms with Gasteiger partial charge >= 0.3 is 6.18 Å². The molecule has 0 N–H and O–H groups in total. The van der Waals surface area contributed by atoms with Crippen LogP contribution in [0.25, 0.3) is 0 Å². The summed E-state index contributed by atoms with van der Waals surface area (Å²) < 4.78 is 38.1. The maximum Gasteiger partial charge on any atom is 0.417 e. The third-order valence-corrected chi connectivity index (χ3v) is 3.30. The summed E-state index contributed by atoms with van der Waals surface area (Å²) in [6.07, 6.45) is -4.42. The zero-order valence-corrected chi connectivity index (χ0v) is 11.1. The van der Waals surface area contributed by atoms with E-state index in [0.717, 1.165) is 23.9 Å². The summed E-state index contributed by atoms with van der Waals surface area (Å²) in [6.45, 7) is 0. The molecule has 0 radical (unpaired) electrons. The predicted octanol–water partition coefficient (Wildman–Crippen LogP) is 2.70. The van der Waals surface area contributed by atoms with Crippen molar-refractivity contribution in [1.29, 1.82) is 0 Å². The van der Waals surface area contributed by atoms with Crippen LogP contribution >= 0.6 is 11.8 Å². The first-order valence-electron chi connectivity index (χ1n) is 5.25. The summed E-state index contributed by atoms with van der Waals surface area (Å²) >= 11 is 0.999. The first-order valence-corrected chi connectivity index (χ1v) is 6.23. The minimum absolute atomic E-state index is 0.0464. The number of nitrogens with zero attached hydrogens (tertiary/aromatic N) is 1. The van der Waals surface area contributed by atoms with E-state index < -0.39 is 17.3 Å². The van der Waals surface area contributed by atoms with E-state index in [1.165, 1.54) is 11.0 Å². The summed E-state index contributed by atoms with van der Waals surface area (Å²) in [4.78, 5) is 23.6. The normalized spacial score (nSPS) is 11.2. The number of benzene rings is 1. The molecule has 0 saturated carbocycles. The van der Waals surface area contributed by atoms with E-state index in [1.54, 1.807) is 14.1 Å². The Labute approximate surface area is 112 Å². The van der Waals surface area contributed by atoms with Gasteiger partial charge in [-0.25, -0.2) is 0 Å². The smallest absolute Gasteiger partial charge is 0.348 e. The van der Waals surface area contributed by atoms with Gasteiger partial charge in [-0.1, -0.05) is 0 Å². The third-order valence-electron chi connectivity index (χ3n) is 2.32. The van der Waals surface area contributed by atoms with Crippen molar-refractivity contribution in [3.05, 3.63) is 29.3 Å². The van der Waals surface area contributed by atoms with Gasteiger partial charge < -0.3 is 4.90 Å². The Hall–Kier alpha value is -1.50. The highest BCUT2D eigenvalue weighted by molar-refractivity contribution is 8.00. The SMILES string of the molecule is CN(C)C(=O)CSc1ccc(C=O)c(C(F)(F)F)c1. The average molecular weight is 291 g/mol. The number of hydrogen-bond acceptors (Lipinski definition) is 3. The zero-order chi connectivity index (χ0) is 14.6. The van der Waals surface area contributed by atoms with Gasteiger partial charge in [-0.2, -0.15) is 13.2 Å². The lowest BCUT2D eigenvalue weighted by Gasteiger charge is -2.12. The molecule has 7 heteroatoms. The molecular formula is C12H12F3NO2S. The lowest BCUT2D eigenvalue weighted by molar-refractivity contribution is -0.138. The minimum Gasteiger partial charge on any atom is -0.348 e. The Morgan fingerprint density at radius 3 is 2.47 bits per heavy atom. The van der Waals surface area contributed by atoms with E-state index in [2.05, 4.69) is 0 Å². The van der Waals surface area contributed by atoms with Gasteiger partial charge in [0.2, 0.25) is 5.91 Å². The van der Waals surface area contributed by atoms with Crippen molar-refractivity contribution in [3.8, 4) is 0 Å². The van der Waals surface area contributed by atoms with Crippen LogP contribution in [-0.2, 0) is 11.0 Å². The number of carbonyl (C=O) groups is 2. The number of carbonyl (C=O) groups excluding carboxylic acids is 2. The molecule has 1 aromatic carbocycles. The predicted molar refractivity (Wildman–Crippen MR) is 66.2 cm³/mol. The molecule has 0 bridgehead atoms. The van der Waals surface area contributed by atoms with Crippen molar-refractivity contribution in [2.45, 2.75) is 11.1 Å². The highest BCUT2D eigenvalue weighted by Crippen LogP contribution is 2.34. The molecule has 0 heterocycles. The fraction of sp³-hybridized carbons (Fsp3) is 0.333. The van der Waals surface area contributed by atoms with E-state index in [1.807, 2.05) is 0 Å². The fourth-order valence-electron chi connectivity index (χ4n) is 1.25. The molecule has 0 aromatic heterocycles. The summed E-state index contributed by atoms with van der Waals surface area (Å²) in [5.74, 6) is -0.150. The quantitative estimate of drug-likeness (QED) is 0.632. The van der Waals surface area contributed by atoms with Gasteiger partial charge in [0, 0.05) is 24.6 Å². The molecule has 0 aliphatic carbocycles. The molecular weight excluding hydrogens is 279 g/mol. The Morgan fingerprint density at radius 2 is 2.00 bits per heavy atom. The minimum atomic E-state index is -4.58. The van der Waals surface area contributed by atoms with Crippen LogP contribution in [0.3, 0.4) is 0 Å². The van der Waals surface area contributed by atoms with Gasteiger partial charge in [0.1, 0.15) is 0 Å². The van der Waals surface area contributed by atoms with E-state index in [4.69, 9.17) is 0 Å². The van der Waals surface area contributed by atoms with Gasteiger partial charge in [0.05, 0.1) is 11.3 Å². The number of halogens is 3. The zero-order valence-electron chi connectivity index (χ0n) is 10.3. The molecule has 0 saturated heterocycles. The number of aldehydes is 1. The summed E-state index contributed by atoms with van der Waals surface area (Å²) in [5.41, 5.74) is -1.39. The number of alkyl halides is 3. The molecule has 1 rings (SSSR count). The van der Waals surface area contributed by atoms with E-state index in [-0.39, 0.29) is 17.9 Å². The summed E-state index contributed by atoms with van der Waals surface area (Å²) in [7, 11) is 3.14. The highest BCUT2D eigenvalue weighted by Gasteiger charge is 2.33. The molecule has 0 aliphatic rings. The van der Waals surface area contributed by atoms with Crippen LogP contribution in [0.5, 0.6) is 0 Å². The second-order valence-corrected chi connectivity index (χ2v) is 4.99. The van der Waals surface area contributed by atoms with Crippen molar-refractivity contribution in [2.75, 3.05) is 19.8 Å². The van der Waals surface area contributed by atoms with E-state index >= 15 is 0 Å². The van der Waals surface area contributed by atoms with Crippen molar-refractivity contribution in [2.24, 2.45) is 0 Å². The summed E-state index contributed by atoms with van der Waals surface area (Å²) in [5, 5.41) is 0. The number of thioether (sulfide) groups is 1. The van der Waals surface area contributed by atoms with Crippen LogP contribution in [0.2, 0.25) is 0 Å². The fourth-order valence-corrected chi connectivity index (χ4v) is 2.16. The van der Waals surface area contributed by atoms with Crippen LogP contribution in [0.15, 0.2) is 23.1 Å². The Bertz CT molecular complexity index is 486. The molecule has 1 amide bonds. The Kier molecular flexibility index (Phi) is 4.99. The highest BCUT2D eigenvalue weighted by atomic mass is 32.2. The van der Waals surface area contributed by atoms with Gasteiger partial charge in [-0.05, 0) is 18.2 Å². The molecule has 0 atom stereocenters. The van der Waals surface area contributed by atoms with Gasteiger partial charge in [0.25, 0.3) is 0 Å². The Morgan fingerprint density at radius 1 is 1.37 bits per heavy atom. The molecule has 0 spiro atoms. The molecule has 19 heavy (non-hydrogen) atoms. The summed E-state index contributed by atoms with van der Waals surface area (Å²) in [6, 6.07) is 3.39. The maximum absolute atomic E-state index is 12.7. The molecule has 1 aromatic rings. The molecule has 0 fully saturated rings. The van der Waals surface area contributed by atoms with Crippen LogP contribution in [0, 0.1) is 0 Å². The van der Waals surface area contributed by atoms with Crippen molar-refractivity contribution in [3.63, 3.8) is 0 Å². The first-order chi connectivity index (χ1) is 8.75. The van der Waals surface area contributed by atoms with Crippen molar-refractivity contribution >= 4 is 24.0 Å². The number of hydrogen-bond donors (Lipinski definition) is 0. The molecule has 3 nitrogen and oxygen atoms in total. The Balaban J connectivity index is 2.93. The lowest BCUT2D eigenvalue weighted by atomic mass is 10.1. The van der Waals surface area contributed by atoms with Gasteiger partial charge in [-0.15, -0.1) is 11.8 Å². The van der Waals surface area contributed by atoms with E-state index in [9.17, 15) is 22.8 Å². The monoisotopic (exact) mass is 291 g/mol. The number of amides is 1. The number of rotatable bonds is 4. The molecule has 0 unspecified atom stereocenters. The topological polar surface area (TPSA) is 37.4 Å². The largest absolute Gasteiger partial charge is 0.417 e. The van der Waals surface area contributed by atoms with Gasteiger partial charge in [-0.3, -0.25) is 9.59 Å². The third kappa shape index (κ3) is 4.27. The molecule has 0 aliphatic heterocycles. The molecule has 104 valence electrons. The van der Waals surface area contributed by atoms with Crippen molar-refractivity contribution < 1.29 is 22.8 Å². The van der Waals surface area contributed by atoms with Crippen LogP contribution < -0.4 is 0 Å². The second kappa shape index (κ2) is 6.10. The van der Waals surface area contributed by atoms with Crippen LogP contribution in [0.4, 0.5) is 13.2 Å². The van der Waals surface area contributed by atoms with Crippen molar-refractivity contribution in [1.82, 2.24) is 4.90 Å². The van der Waals surface area contributed by atoms with Gasteiger partial charge in [0.15, 0.2) is 6.29 Å². The van der Waals surface area contributed by atoms with E-state index in [0.29, 0.717) is 4.90 Å². The first kappa shape index (κ1) is 15.6. The second-order valence-electron chi connectivity index (χ2n) is 3.94. The average Bonchev–Trinajstić information content (AvgIpc) is 2.34. The standard InChI is InChI=1S/C12H12F3NO2S/c1-16(2)11(18)7-19-9-4-3-8(6-17)10(5-9)12(13,14)15/h3-6H,7H2,1-2H3. The lowest BCUT2D eigenvalue weighted by Crippen LogP contribution is -2.23. The maximum atomic E-state index is 12.7. The van der Waals surface area contributed by atoms with Crippen LogP contribution in [-0.4, -0.2) is 36.9 Å².